The van der Waals surface area contributed by atoms with Crippen LogP contribution in [-0.2, 0) is 0 Å². The number of hydrogen-bond acceptors (Lipinski definition) is 2. The van der Waals surface area contributed by atoms with E-state index < -0.39 is 0 Å². The summed E-state index contributed by atoms with van der Waals surface area (Å²) >= 11 is 0. The molecule has 0 aliphatic carbocycles. The van der Waals surface area contributed by atoms with Crippen molar-refractivity contribution in [2.24, 2.45) is 0 Å². The van der Waals surface area contributed by atoms with Crippen LogP contribution in [0.5, 0.6) is 11.5 Å². The lowest BCUT2D eigenvalue weighted by molar-refractivity contribution is 0.482. The van der Waals surface area contributed by atoms with Gasteiger partial charge in [-0.2, -0.15) is 0 Å². The van der Waals surface area contributed by atoms with Gasteiger partial charge in [-0.25, -0.2) is 0 Å². The van der Waals surface area contributed by atoms with Crippen molar-refractivity contribution in [2.45, 2.75) is 0 Å². The van der Waals surface area contributed by atoms with Gasteiger partial charge in [0.1, 0.15) is 17.3 Å². The van der Waals surface area contributed by atoms with E-state index in [1.807, 2.05) is 42.5 Å². The number of ether oxygens (including phenoxy) is 1. The average Bonchev–Trinajstić information content (AvgIpc) is 2.41. The second kappa shape index (κ2) is 5.73. The van der Waals surface area contributed by atoms with E-state index in [1.165, 1.54) is 0 Å². The molecule has 2 rings (SSSR count). The summed E-state index contributed by atoms with van der Waals surface area (Å²) in [7, 11) is 0. The lowest BCUT2D eigenvalue weighted by atomic mass is 10.1. The van der Waals surface area contributed by atoms with E-state index in [0.29, 0.717) is 0 Å². The molecule has 0 radical (unpaired) electrons. The minimum Gasteiger partial charge on any atom is -0.507 e. The van der Waals surface area contributed by atoms with Crippen LogP contribution in [0.25, 0.3) is 5.76 Å². The molecule has 2 heteroatoms. The predicted molar refractivity (Wildman–Crippen MR) is 73.8 cm³/mol. The largest absolute Gasteiger partial charge is 0.507 e. The first-order chi connectivity index (χ1) is 8.79. The highest BCUT2D eigenvalue weighted by molar-refractivity contribution is 5.60. The van der Waals surface area contributed by atoms with E-state index >= 15 is 0 Å². The minimum absolute atomic E-state index is 0.191. The average molecular weight is 238 g/mol. The zero-order chi connectivity index (χ0) is 12.8. The predicted octanol–water partition coefficient (Wildman–Crippen LogP) is 4.56. The summed E-state index contributed by atoms with van der Waals surface area (Å²) in [6.07, 6.45) is 3.09. The number of aliphatic hydroxyl groups excluding tert-OH is 1. The van der Waals surface area contributed by atoms with E-state index in [1.54, 1.807) is 24.3 Å². The van der Waals surface area contributed by atoms with Crippen molar-refractivity contribution in [1.82, 2.24) is 0 Å². The Kier molecular flexibility index (Phi) is 3.82. The Balaban J connectivity index is 2.13. The smallest absolute Gasteiger partial charge is 0.127 e. The highest BCUT2D eigenvalue weighted by atomic mass is 16.5. The van der Waals surface area contributed by atoms with Crippen LogP contribution in [0, 0.1) is 0 Å². The number of allylic oxidation sites excluding steroid dienone is 2. The maximum atomic E-state index is 9.65. The molecule has 2 aromatic rings. The van der Waals surface area contributed by atoms with Crippen LogP contribution < -0.4 is 4.74 Å². The van der Waals surface area contributed by atoms with Gasteiger partial charge in [0.2, 0.25) is 0 Å². The van der Waals surface area contributed by atoms with Gasteiger partial charge >= 0.3 is 0 Å². The molecule has 0 aliphatic rings. The maximum absolute atomic E-state index is 9.65. The molecule has 90 valence electrons. The monoisotopic (exact) mass is 238 g/mol. The molecule has 0 atom stereocenters. The first kappa shape index (κ1) is 12.0. The summed E-state index contributed by atoms with van der Waals surface area (Å²) in [5.41, 5.74) is 0.732. The Morgan fingerprint density at radius 1 is 0.944 bits per heavy atom. The summed E-state index contributed by atoms with van der Waals surface area (Å²) in [4.78, 5) is 0. The Hall–Kier alpha value is -2.48. The van der Waals surface area contributed by atoms with Crippen LogP contribution in [-0.4, -0.2) is 5.11 Å². The van der Waals surface area contributed by atoms with Gasteiger partial charge in [-0.1, -0.05) is 30.9 Å². The molecule has 2 aromatic carbocycles. The highest BCUT2D eigenvalue weighted by Gasteiger charge is 1.99. The molecule has 0 heterocycles. The number of hydrogen-bond donors (Lipinski definition) is 1. The third kappa shape index (κ3) is 3.01. The van der Waals surface area contributed by atoms with Crippen LogP contribution in [0.15, 0.2) is 73.3 Å². The van der Waals surface area contributed by atoms with Gasteiger partial charge in [-0.3, -0.25) is 0 Å². The Morgan fingerprint density at radius 3 is 2.17 bits per heavy atom. The molecule has 0 bridgehead atoms. The summed E-state index contributed by atoms with van der Waals surface area (Å²) in [6.45, 7) is 3.54. The van der Waals surface area contributed by atoms with Crippen molar-refractivity contribution in [3.05, 3.63) is 78.9 Å². The third-order valence-electron chi connectivity index (χ3n) is 2.40. The molecule has 2 nitrogen and oxygen atoms in total. The van der Waals surface area contributed by atoms with Crippen LogP contribution in [0.1, 0.15) is 5.56 Å². The topological polar surface area (TPSA) is 29.5 Å². The number of para-hydroxylation sites is 1. The second-order valence-electron chi connectivity index (χ2n) is 3.73. The van der Waals surface area contributed by atoms with Gasteiger partial charge in [0, 0.05) is 5.56 Å². The molecular weight excluding hydrogens is 224 g/mol. The summed E-state index contributed by atoms with van der Waals surface area (Å²) in [5.74, 6) is 1.71. The molecule has 0 amide bonds. The minimum atomic E-state index is 0.191. The van der Waals surface area contributed by atoms with Crippen molar-refractivity contribution >= 4 is 5.76 Å². The van der Waals surface area contributed by atoms with E-state index in [2.05, 4.69) is 6.58 Å². The van der Waals surface area contributed by atoms with Gasteiger partial charge in [-0.15, -0.1) is 0 Å². The van der Waals surface area contributed by atoms with Crippen molar-refractivity contribution in [1.29, 1.82) is 0 Å². The van der Waals surface area contributed by atoms with Gasteiger partial charge in [-0.05, 0) is 42.5 Å². The quantitative estimate of drug-likeness (QED) is 0.624. The van der Waals surface area contributed by atoms with E-state index in [-0.39, 0.29) is 5.76 Å². The van der Waals surface area contributed by atoms with E-state index in [4.69, 9.17) is 4.74 Å². The Morgan fingerprint density at radius 2 is 1.56 bits per heavy atom. The summed E-state index contributed by atoms with van der Waals surface area (Å²) in [5, 5.41) is 9.65. The standard InChI is InChI=1S/C16H14O2/c1-2-6-16(17)13-9-11-15(12-10-13)18-14-7-4-3-5-8-14/h2-12,17H,1H2. The van der Waals surface area contributed by atoms with Crippen molar-refractivity contribution in [3.63, 3.8) is 0 Å². The summed E-state index contributed by atoms with van der Waals surface area (Å²) in [6, 6.07) is 16.8. The van der Waals surface area contributed by atoms with Crippen LogP contribution >= 0.6 is 0 Å². The number of benzene rings is 2. The van der Waals surface area contributed by atoms with Gasteiger partial charge < -0.3 is 9.84 Å². The highest BCUT2D eigenvalue weighted by Crippen LogP contribution is 2.22. The van der Waals surface area contributed by atoms with Gasteiger partial charge in [0.05, 0.1) is 0 Å². The first-order valence-corrected chi connectivity index (χ1v) is 5.64. The SMILES string of the molecule is C=CC=C(O)c1ccc(Oc2ccccc2)cc1. The molecule has 0 saturated heterocycles. The molecule has 0 aromatic heterocycles. The fraction of sp³-hybridized carbons (Fsp3) is 0. The fourth-order valence-corrected chi connectivity index (χ4v) is 1.53. The Bertz CT molecular complexity index is 539. The molecule has 0 aliphatic heterocycles. The third-order valence-corrected chi connectivity index (χ3v) is 2.40. The van der Waals surface area contributed by atoms with E-state index in [0.717, 1.165) is 17.1 Å². The first-order valence-electron chi connectivity index (χ1n) is 5.64. The number of aliphatic hydroxyl groups is 1. The van der Waals surface area contributed by atoms with Crippen LogP contribution in [0.2, 0.25) is 0 Å². The fourth-order valence-electron chi connectivity index (χ4n) is 1.53. The molecular formula is C16H14O2. The lowest BCUT2D eigenvalue weighted by Gasteiger charge is -2.06. The molecule has 0 saturated carbocycles. The molecule has 0 spiro atoms. The maximum Gasteiger partial charge on any atom is 0.127 e. The molecule has 18 heavy (non-hydrogen) atoms. The van der Waals surface area contributed by atoms with Crippen molar-refractivity contribution < 1.29 is 9.84 Å². The van der Waals surface area contributed by atoms with E-state index in [9.17, 15) is 5.11 Å². The van der Waals surface area contributed by atoms with Crippen LogP contribution in [0.4, 0.5) is 0 Å². The zero-order valence-electron chi connectivity index (χ0n) is 9.91. The normalized spacial score (nSPS) is 11.0. The molecule has 1 N–H and O–H groups in total. The Labute approximate surface area is 106 Å². The van der Waals surface area contributed by atoms with Crippen molar-refractivity contribution in [2.75, 3.05) is 0 Å². The number of rotatable bonds is 4. The molecule has 0 unspecified atom stereocenters. The summed E-state index contributed by atoms with van der Waals surface area (Å²) < 4.78 is 5.65. The van der Waals surface area contributed by atoms with Gasteiger partial charge in [0.25, 0.3) is 0 Å². The second-order valence-corrected chi connectivity index (χ2v) is 3.73. The van der Waals surface area contributed by atoms with Gasteiger partial charge in [0.15, 0.2) is 0 Å². The van der Waals surface area contributed by atoms with Crippen LogP contribution in [0.3, 0.4) is 0 Å². The zero-order valence-corrected chi connectivity index (χ0v) is 9.91. The molecule has 0 fully saturated rings. The lowest BCUT2D eigenvalue weighted by Crippen LogP contribution is -1.85. The van der Waals surface area contributed by atoms with Crippen molar-refractivity contribution in [3.8, 4) is 11.5 Å².